The van der Waals surface area contributed by atoms with Gasteiger partial charge in [-0.15, -0.1) is 0 Å². The number of rotatable bonds is 2. The molecule has 140 valence electrons. The summed E-state index contributed by atoms with van der Waals surface area (Å²) in [6, 6.07) is 2.41. The van der Waals surface area contributed by atoms with E-state index in [1.807, 2.05) is 6.08 Å². The molecule has 1 heterocycles. The summed E-state index contributed by atoms with van der Waals surface area (Å²) in [5.74, 6) is 3.56. The second kappa shape index (κ2) is 5.44. The normalized spacial score (nSPS) is 52.7. The summed E-state index contributed by atoms with van der Waals surface area (Å²) in [4.78, 5) is 12.0. The summed E-state index contributed by atoms with van der Waals surface area (Å²) in [6.07, 6.45) is 10.1. The topological polar surface area (TPSA) is 53.4 Å². The molecule has 3 heteroatoms. The van der Waals surface area contributed by atoms with Crippen molar-refractivity contribution in [2.24, 2.45) is 40.4 Å². The summed E-state index contributed by atoms with van der Waals surface area (Å²) in [6.45, 7) is 7.24. The summed E-state index contributed by atoms with van der Waals surface area (Å²) in [5, 5.41) is 9.19. The Morgan fingerprint density at radius 2 is 2.08 bits per heavy atom. The van der Waals surface area contributed by atoms with Gasteiger partial charge in [0, 0.05) is 12.8 Å². The van der Waals surface area contributed by atoms with Crippen molar-refractivity contribution >= 4 is 5.78 Å². The zero-order chi connectivity index (χ0) is 18.3. The summed E-state index contributed by atoms with van der Waals surface area (Å²) in [5.41, 5.74) is 1.88. The molecule has 26 heavy (non-hydrogen) atoms. The Hall–Kier alpha value is -1.14. The highest BCUT2D eigenvalue weighted by molar-refractivity contribution is 5.92. The third-order valence-electron chi connectivity index (χ3n) is 9.40. The standard InChI is InChI=1S/C23H31NO2/c1-13(8-11-24)15-4-5-16-19-17(7-10-22(15,16)2)23(3)9-6-14(25)12-18(23)20-21(19)26-20/h12-13,15-17,19-21H,4-10H2,1-3H3/t13-,15?,16?,17?,19?,20-,21+,22-,23-/m1/s1. The molecule has 0 bridgehead atoms. The van der Waals surface area contributed by atoms with E-state index in [1.54, 1.807) is 0 Å². The molecule has 5 aliphatic rings. The first kappa shape index (κ1) is 17.0. The quantitative estimate of drug-likeness (QED) is 0.678. The van der Waals surface area contributed by atoms with E-state index in [9.17, 15) is 10.1 Å². The van der Waals surface area contributed by atoms with Crippen molar-refractivity contribution < 1.29 is 9.53 Å². The van der Waals surface area contributed by atoms with Crippen molar-refractivity contribution in [2.45, 2.75) is 77.9 Å². The van der Waals surface area contributed by atoms with Gasteiger partial charge in [0.1, 0.15) is 6.10 Å². The number of ether oxygens (including phenoxy) is 1. The smallest absolute Gasteiger partial charge is 0.155 e. The molecule has 3 saturated carbocycles. The molecule has 3 nitrogen and oxygen atoms in total. The van der Waals surface area contributed by atoms with Crippen LogP contribution in [0.25, 0.3) is 0 Å². The van der Waals surface area contributed by atoms with Gasteiger partial charge in [-0.3, -0.25) is 4.79 Å². The largest absolute Gasteiger partial charge is 0.365 e. The van der Waals surface area contributed by atoms with Crippen molar-refractivity contribution in [3.8, 4) is 6.07 Å². The van der Waals surface area contributed by atoms with Crippen molar-refractivity contribution in [2.75, 3.05) is 0 Å². The molecule has 0 N–H and O–H groups in total. The van der Waals surface area contributed by atoms with Crippen LogP contribution in [0.3, 0.4) is 0 Å². The molecule has 1 saturated heterocycles. The minimum atomic E-state index is 0.175. The molecule has 0 amide bonds. The Labute approximate surface area is 157 Å². The van der Waals surface area contributed by atoms with Gasteiger partial charge in [0.15, 0.2) is 5.78 Å². The van der Waals surface area contributed by atoms with Crippen LogP contribution in [0.5, 0.6) is 0 Å². The molecule has 0 aromatic rings. The molecule has 9 atom stereocenters. The molecule has 0 aromatic heterocycles. The Bertz CT molecular complexity index is 720. The fourth-order valence-electron chi connectivity index (χ4n) is 8.07. The third-order valence-corrected chi connectivity index (χ3v) is 9.40. The SMILES string of the molecule is C[C@H](CC#N)C1CCC2C3C(CC[C@@]21C)[C@@]1(C)CCC(=O)C=C1[C@H]1O[C@@H]31. The van der Waals surface area contributed by atoms with Crippen LogP contribution in [0.4, 0.5) is 0 Å². The fourth-order valence-corrected chi connectivity index (χ4v) is 8.07. The average Bonchev–Trinajstić information content (AvgIpc) is 3.31. The molecule has 5 rings (SSSR count). The average molecular weight is 354 g/mol. The number of carbonyl (C=O) groups is 1. The van der Waals surface area contributed by atoms with E-state index in [4.69, 9.17) is 4.74 Å². The molecule has 1 aliphatic heterocycles. The lowest BCUT2D eigenvalue weighted by Gasteiger charge is -2.57. The van der Waals surface area contributed by atoms with Crippen LogP contribution < -0.4 is 0 Å². The van der Waals surface area contributed by atoms with Gasteiger partial charge in [-0.2, -0.15) is 5.26 Å². The molecular weight excluding hydrogens is 322 g/mol. The van der Waals surface area contributed by atoms with E-state index in [0.29, 0.717) is 53.8 Å². The molecule has 4 aliphatic carbocycles. The van der Waals surface area contributed by atoms with Gasteiger partial charge in [-0.1, -0.05) is 20.8 Å². The molecule has 4 unspecified atom stereocenters. The lowest BCUT2D eigenvalue weighted by molar-refractivity contribution is -0.117. The van der Waals surface area contributed by atoms with Crippen LogP contribution in [0, 0.1) is 51.8 Å². The van der Waals surface area contributed by atoms with E-state index < -0.39 is 0 Å². The predicted octanol–water partition coefficient (Wildman–Crippen LogP) is 4.67. The monoisotopic (exact) mass is 353 g/mol. The highest BCUT2D eigenvalue weighted by Gasteiger charge is 2.69. The molecule has 0 spiro atoms. The van der Waals surface area contributed by atoms with E-state index in [1.165, 1.54) is 31.3 Å². The van der Waals surface area contributed by atoms with Crippen LogP contribution >= 0.6 is 0 Å². The van der Waals surface area contributed by atoms with Crippen LogP contribution in [0.2, 0.25) is 0 Å². The van der Waals surface area contributed by atoms with E-state index in [2.05, 4.69) is 26.8 Å². The van der Waals surface area contributed by atoms with Gasteiger partial charge >= 0.3 is 0 Å². The number of fused-ring (bicyclic) bond motifs is 8. The number of epoxide rings is 1. The first-order chi connectivity index (χ1) is 12.4. The maximum absolute atomic E-state index is 12.0. The van der Waals surface area contributed by atoms with Crippen molar-refractivity contribution in [1.29, 1.82) is 5.26 Å². The van der Waals surface area contributed by atoms with E-state index >= 15 is 0 Å². The number of nitrogens with zero attached hydrogens (tertiary/aromatic N) is 1. The minimum Gasteiger partial charge on any atom is -0.365 e. The van der Waals surface area contributed by atoms with Crippen molar-refractivity contribution in [3.63, 3.8) is 0 Å². The second-order valence-corrected chi connectivity index (χ2v) is 10.4. The van der Waals surface area contributed by atoms with E-state index in [0.717, 1.165) is 12.3 Å². The first-order valence-electron chi connectivity index (χ1n) is 10.7. The van der Waals surface area contributed by atoms with Gasteiger partial charge in [0.05, 0.1) is 12.2 Å². The predicted molar refractivity (Wildman–Crippen MR) is 99.0 cm³/mol. The Kier molecular flexibility index (Phi) is 3.56. The lowest BCUT2D eigenvalue weighted by atomic mass is 9.46. The second-order valence-electron chi connectivity index (χ2n) is 10.4. The van der Waals surface area contributed by atoms with Crippen LogP contribution in [-0.4, -0.2) is 18.0 Å². The summed E-state index contributed by atoms with van der Waals surface area (Å²) < 4.78 is 6.25. The maximum atomic E-state index is 12.0. The number of carbonyl (C=O) groups excluding carboxylic acids is 1. The highest BCUT2D eigenvalue weighted by atomic mass is 16.6. The Balaban J connectivity index is 1.49. The van der Waals surface area contributed by atoms with Crippen molar-refractivity contribution in [1.82, 2.24) is 0 Å². The minimum absolute atomic E-state index is 0.175. The number of hydrogen-bond acceptors (Lipinski definition) is 3. The van der Waals surface area contributed by atoms with Crippen LogP contribution in [0.1, 0.15) is 65.7 Å². The van der Waals surface area contributed by atoms with Crippen LogP contribution in [0.15, 0.2) is 11.6 Å². The maximum Gasteiger partial charge on any atom is 0.155 e. The Morgan fingerprint density at radius 1 is 1.27 bits per heavy atom. The number of ketones is 1. The van der Waals surface area contributed by atoms with Crippen LogP contribution in [-0.2, 0) is 9.53 Å². The number of nitriles is 1. The molecule has 4 fully saturated rings. The molecular formula is C23H31NO2. The third kappa shape index (κ3) is 2.06. The van der Waals surface area contributed by atoms with Crippen molar-refractivity contribution in [3.05, 3.63) is 11.6 Å². The van der Waals surface area contributed by atoms with E-state index in [-0.39, 0.29) is 11.5 Å². The summed E-state index contributed by atoms with van der Waals surface area (Å²) >= 11 is 0. The van der Waals surface area contributed by atoms with Gasteiger partial charge in [-0.25, -0.2) is 0 Å². The number of hydrogen-bond donors (Lipinski definition) is 0. The summed E-state index contributed by atoms with van der Waals surface area (Å²) in [7, 11) is 0. The lowest BCUT2D eigenvalue weighted by Crippen LogP contribution is -2.53. The Morgan fingerprint density at radius 3 is 2.85 bits per heavy atom. The fraction of sp³-hybridized carbons (Fsp3) is 0.826. The van der Waals surface area contributed by atoms with Gasteiger partial charge in [0.25, 0.3) is 0 Å². The first-order valence-corrected chi connectivity index (χ1v) is 10.7. The molecule has 0 aromatic carbocycles. The zero-order valence-corrected chi connectivity index (χ0v) is 16.3. The van der Waals surface area contributed by atoms with Gasteiger partial charge < -0.3 is 4.74 Å². The van der Waals surface area contributed by atoms with Gasteiger partial charge in [0.2, 0.25) is 0 Å². The van der Waals surface area contributed by atoms with Gasteiger partial charge in [-0.05, 0) is 84.2 Å². The molecule has 0 radical (unpaired) electrons. The highest BCUT2D eigenvalue weighted by Crippen LogP contribution is 2.70. The zero-order valence-electron chi connectivity index (χ0n) is 16.3.